The van der Waals surface area contributed by atoms with Gasteiger partial charge in [-0.25, -0.2) is 0 Å². The molecule has 0 unspecified atom stereocenters. The molecule has 0 saturated carbocycles. The summed E-state index contributed by atoms with van der Waals surface area (Å²) in [7, 11) is 8.04. The molecule has 0 fully saturated rings. The maximum Gasteiger partial charge on any atom is 0.303 e. The Morgan fingerprint density at radius 1 is 0.576 bits per heavy atom. The van der Waals surface area contributed by atoms with Gasteiger partial charge in [0.25, 0.3) is 0 Å². The van der Waals surface area contributed by atoms with Crippen LogP contribution in [0, 0.1) is 11.8 Å². The van der Waals surface area contributed by atoms with Gasteiger partial charge in [-0.3, -0.25) is 19.2 Å². The molecule has 11 heteroatoms. The molecule has 59 heavy (non-hydrogen) atoms. The highest BCUT2D eigenvalue weighted by molar-refractivity contribution is 5.93. The lowest BCUT2D eigenvalue weighted by atomic mass is 9.85. The average molecular weight is 809 g/mol. The number of primary amides is 2. The molecule has 0 spiro atoms. The summed E-state index contributed by atoms with van der Waals surface area (Å²) in [6, 6.07) is 35.2. The third-order valence-electron chi connectivity index (χ3n) is 10.6. The van der Waals surface area contributed by atoms with Gasteiger partial charge in [0.05, 0.1) is 6.42 Å². The van der Waals surface area contributed by atoms with E-state index >= 15 is 0 Å². The Kier molecular flexibility index (Phi) is 21.8. The lowest BCUT2D eigenvalue weighted by Gasteiger charge is -2.26. The molecule has 0 aliphatic rings. The van der Waals surface area contributed by atoms with Crippen molar-refractivity contribution in [2.75, 3.05) is 41.3 Å². The van der Waals surface area contributed by atoms with E-state index in [1.807, 2.05) is 101 Å². The van der Waals surface area contributed by atoms with Gasteiger partial charge in [0.2, 0.25) is 17.7 Å². The molecule has 0 aliphatic heterocycles. The summed E-state index contributed by atoms with van der Waals surface area (Å²) in [5.74, 6) is -0.411. The maximum atomic E-state index is 12.6. The fourth-order valence-electron chi connectivity index (χ4n) is 6.64. The Labute approximate surface area is 352 Å². The highest BCUT2D eigenvalue weighted by Crippen LogP contribution is 2.28. The number of benzene rings is 4. The molecule has 8 N–H and O–H groups in total. The lowest BCUT2D eigenvalue weighted by Crippen LogP contribution is -2.42. The number of carbonyl (C=O) groups excluding carboxylic acids is 3. The largest absolute Gasteiger partial charge is 0.481 e. The summed E-state index contributed by atoms with van der Waals surface area (Å²) in [6.45, 7) is 9.61. The smallest absolute Gasteiger partial charge is 0.303 e. The Hall–Kier alpha value is -5.36. The van der Waals surface area contributed by atoms with Gasteiger partial charge in [0, 0.05) is 42.7 Å². The number of rotatable bonds is 19. The predicted octanol–water partition coefficient (Wildman–Crippen LogP) is 6.32. The van der Waals surface area contributed by atoms with Crippen LogP contribution in [0.5, 0.6) is 0 Å². The van der Waals surface area contributed by atoms with Gasteiger partial charge in [0.15, 0.2) is 0 Å². The number of nitrogens with one attached hydrogen (secondary N) is 1. The fraction of sp³-hybridized carbons (Fsp3) is 0.417. The van der Waals surface area contributed by atoms with Crippen LogP contribution in [-0.4, -0.2) is 92.0 Å². The highest BCUT2D eigenvalue weighted by atomic mass is 16.4. The average Bonchev–Trinajstić information content (AvgIpc) is 3.20. The molecule has 0 bridgehead atoms. The first-order chi connectivity index (χ1) is 27.9. The molecule has 4 aromatic carbocycles. The summed E-state index contributed by atoms with van der Waals surface area (Å²) in [5.41, 5.74) is 21.8. The molecule has 320 valence electrons. The van der Waals surface area contributed by atoms with Gasteiger partial charge < -0.3 is 37.4 Å². The SMILES string of the molecule is CC(C)[C@H](CC(=O)NC[C@H](Cc1ccc(C(N)=O)cc1)N(C)C)c1ccccc1.CC(C)[C@H](CC(=O)O)c1ccccc1.CN(C)[C@H](CN)Cc1ccc(C(N)=O)cc1. The number of carboxylic acid groups (broad SMARTS) is 1. The van der Waals surface area contributed by atoms with Crippen molar-refractivity contribution in [3.05, 3.63) is 143 Å². The molecular formula is C48H68N6O5. The molecule has 0 saturated heterocycles. The number of hydrogen-bond acceptors (Lipinski definition) is 7. The van der Waals surface area contributed by atoms with Gasteiger partial charge in [-0.05, 0) is 111 Å². The second kappa shape index (κ2) is 25.9. The minimum absolute atomic E-state index is 0.0727. The van der Waals surface area contributed by atoms with E-state index in [0.29, 0.717) is 48.5 Å². The van der Waals surface area contributed by atoms with Crippen molar-refractivity contribution in [2.45, 2.75) is 77.3 Å². The zero-order valence-corrected chi connectivity index (χ0v) is 36.3. The van der Waals surface area contributed by atoms with E-state index in [2.05, 4.69) is 54.9 Å². The van der Waals surface area contributed by atoms with Crippen molar-refractivity contribution in [2.24, 2.45) is 29.0 Å². The van der Waals surface area contributed by atoms with E-state index in [9.17, 15) is 19.2 Å². The monoisotopic (exact) mass is 809 g/mol. The van der Waals surface area contributed by atoms with Crippen LogP contribution in [0.15, 0.2) is 109 Å². The summed E-state index contributed by atoms with van der Waals surface area (Å²) >= 11 is 0. The van der Waals surface area contributed by atoms with E-state index < -0.39 is 17.8 Å². The molecule has 0 heterocycles. The van der Waals surface area contributed by atoms with Gasteiger partial charge in [-0.15, -0.1) is 0 Å². The van der Waals surface area contributed by atoms with Crippen LogP contribution < -0.4 is 22.5 Å². The third kappa shape index (κ3) is 18.4. The second-order valence-corrected chi connectivity index (χ2v) is 16.1. The van der Waals surface area contributed by atoms with Crippen LogP contribution in [0.4, 0.5) is 0 Å². The number of nitrogens with two attached hydrogens (primary N) is 3. The summed E-state index contributed by atoms with van der Waals surface area (Å²) in [6.07, 6.45) is 2.35. The van der Waals surface area contributed by atoms with E-state index in [1.54, 1.807) is 24.3 Å². The first-order valence-electron chi connectivity index (χ1n) is 20.3. The van der Waals surface area contributed by atoms with Crippen LogP contribution in [0.25, 0.3) is 0 Å². The lowest BCUT2D eigenvalue weighted by molar-refractivity contribution is -0.137. The predicted molar refractivity (Wildman–Crippen MR) is 239 cm³/mol. The number of carbonyl (C=O) groups is 4. The molecule has 4 rings (SSSR count). The van der Waals surface area contributed by atoms with Crippen LogP contribution in [0.1, 0.15) is 95.3 Å². The quantitative estimate of drug-likeness (QED) is 0.0729. The van der Waals surface area contributed by atoms with Crippen LogP contribution >= 0.6 is 0 Å². The molecule has 4 aromatic rings. The van der Waals surface area contributed by atoms with E-state index in [1.165, 1.54) is 5.56 Å². The zero-order chi connectivity index (χ0) is 44.1. The van der Waals surface area contributed by atoms with Crippen LogP contribution in [0.3, 0.4) is 0 Å². The molecular weight excluding hydrogens is 741 g/mol. The van der Waals surface area contributed by atoms with E-state index in [0.717, 1.165) is 29.5 Å². The number of carboxylic acids is 1. The van der Waals surface area contributed by atoms with Gasteiger partial charge >= 0.3 is 5.97 Å². The number of hydrogen-bond donors (Lipinski definition) is 5. The van der Waals surface area contributed by atoms with E-state index in [-0.39, 0.29) is 30.2 Å². The van der Waals surface area contributed by atoms with Gasteiger partial charge in [0.1, 0.15) is 0 Å². The van der Waals surface area contributed by atoms with Gasteiger partial charge in [-0.2, -0.15) is 0 Å². The Morgan fingerprint density at radius 3 is 1.27 bits per heavy atom. The molecule has 11 nitrogen and oxygen atoms in total. The minimum Gasteiger partial charge on any atom is -0.481 e. The topological polar surface area (TPSA) is 185 Å². The fourth-order valence-corrected chi connectivity index (χ4v) is 6.64. The summed E-state index contributed by atoms with van der Waals surface area (Å²) in [5, 5.41) is 11.9. The summed E-state index contributed by atoms with van der Waals surface area (Å²) in [4.78, 5) is 49.7. The number of amides is 3. The van der Waals surface area contributed by atoms with Crippen molar-refractivity contribution in [3.8, 4) is 0 Å². The number of nitrogens with zero attached hydrogens (tertiary/aromatic N) is 2. The van der Waals surface area contributed by atoms with Crippen molar-refractivity contribution in [3.63, 3.8) is 0 Å². The highest BCUT2D eigenvalue weighted by Gasteiger charge is 2.21. The molecule has 0 aromatic heterocycles. The van der Waals surface area contributed by atoms with Crippen LogP contribution in [0.2, 0.25) is 0 Å². The molecule has 0 radical (unpaired) electrons. The molecule has 0 aliphatic carbocycles. The normalized spacial score (nSPS) is 13.0. The minimum atomic E-state index is -0.729. The Balaban J connectivity index is 0.000000337. The molecule has 4 atom stereocenters. The van der Waals surface area contributed by atoms with Crippen molar-refractivity contribution in [1.29, 1.82) is 0 Å². The maximum absolute atomic E-state index is 12.6. The van der Waals surface area contributed by atoms with Crippen molar-refractivity contribution < 1.29 is 24.3 Å². The first-order valence-corrected chi connectivity index (χ1v) is 20.3. The third-order valence-corrected chi connectivity index (χ3v) is 10.6. The number of aliphatic carboxylic acids is 1. The van der Waals surface area contributed by atoms with Crippen molar-refractivity contribution in [1.82, 2.24) is 15.1 Å². The van der Waals surface area contributed by atoms with Crippen LogP contribution in [-0.2, 0) is 22.4 Å². The van der Waals surface area contributed by atoms with Crippen molar-refractivity contribution >= 4 is 23.7 Å². The zero-order valence-electron chi connectivity index (χ0n) is 36.3. The van der Waals surface area contributed by atoms with Gasteiger partial charge in [-0.1, -0.05) is 113 Å². The standard InChI is InChI=1S/C24H33N3O2.C12H19N3O.C12H16O2/c1-17(2)22(19-8-6-5-7-9-19)15-23(28)26-16-21(27(3)4)14-18-10-12-20(13-11-18)24(25)29;1-15(2)11(8-13)7-9-3-5-10(6-4-9)12(14)16;1-9(2)11(8-12(13)14)10-6-4-3-5-7-10/h5-13,17,21-22H,14-16H2,1-4H3,(H2,25,29)(H,26,28);3-6,11H,7-8,13H2,1-2H3,(H2,14,16);3-7,9,11H,8H2,1-2H3,(H,13,14)/t21-,22-;2*11-/m000/s1. The summed E-state index contributed by atoms with van der Waals surface area (Å²) < 4.78 is 0. The Bertz CT molecular complexity index is 1830. The molecule has 3 amide bonds. The number of likely N-dealkylation sites (N-methyl/N-ethyl adjacent to an activating group) is 2. The van der Waals surface area contributed by atoms with E-state index in [4.69, 9.17) is 22.3 Å². The first kappa shape index (κ1) is 49.8. The second-order valence-electron chi connectivity index (χ2n) is 16.1. The Morgan fingerprint density at radius 2 is 0.949 bits per heavy atom.